The summed E-state index contributed by atoms with van der Waals surface area (Å²) in [5, 5.41) is 4.10. The number of amidine groups is 1. The van der Waals surface area contributed by atoms with Gasteiger partial charge in [-0.1, -0.05) is 23.4 Å². The lowest BCUT2D eigenvalue weighted by atomic mass is 10.2. The number of hydrogen-bond acceptors (Lipinski definition) is 6. The lowest BCUT2D eigenvalue weighted by molar-refractivity contribution is -0.141. The van der Waals surface area contributed by atoms with Gasteiger partial charge >= 0.3 is 6.18 Å². The highest BCUT2D eigenvalue weighted by atomic mass is 79.9. The van der Waals surface area contributed by atoms with Crippen LogP contribution in [0.5, 0.6) is 0 Å². The van der Waals surface area contributed by atoms with Crippen LogP contribution in [-0.4, -0.2) is 35.0 Å². The Morgan fingerprint density at radius 2 is 1.71 bits per heavy atom. The Hall–Kier alpha value is -3.07. The molecule has 0 aliphatic carbocycles. The number of furan rings is 1. The van der Waals surface area contributed by atoms with Gasteiger partial charge in [-0.25, -0.2) is 4.68 Å². The highest BCUT2D eigenvalue weighted by Crippen LogP contribution is 2.41. The van der Waals surface area contributed by atoms with Crippen molar-refractivity contribution >= 4 is 66.1 Å². The quantitative estimate of drug-likeness (QED) is 0.250. The van der Waals surface area contributed by atoms with Crippen LogP contribution >= 0.6 is 39.3 Å². The van der Waals surface area contributed by atoms with E-state index in [1.54, 1.807) is 24.3 Å². The Kier molecular flexibility index (Phi) is 6.92. The van der Waals surface area contributed by atoms with E-state index in [0.29, 0.717) is 10.7 Å². The molecule has 15 heteroatoms. The number of aromatic nitrogens is 2. The maximum Gasteiger partial charge on any atom is 0.436 e. The van der Waals surface area contributed by atoms with Crippen molar-refractivity contribution < 1.29 is 30.8 Å². The number of carbonyl (C=O) groups is 1. The largest absolute Gasteiger partial charge is 0.463 e. The van der Waals surface area contributed by atoms with E-state index in [-0.39, 0.29) is 43.3 Å². The van der Waals surface area contributed by atoms with E-state index in [0.717, 1.165) is 16.4 Å². The van der Waals surface area contributed by atoms with Crippen LogP contribution in [0.2, 0.25) is 5.02 Å². The first-order valence-electron chi connectivity index (χ1n) is 10.5. The van der Waals surface area contributed by atoms with Crippen LogP contribution in [-0.2, 0) is 21.0 Å². The Morgan fingerprint density at radius 1 is 1.05 bits per heavy atom. The third-order valence-corrected chi connectivity index (χ3v) is 8.60. The molecule has 2 aromatic carbocycles. The molecule has 0 bridgehead atoms. The molecule has 4 aromatic rings. The van der Waals surface area contributed by atoms with Gasteiger partial charge in [-0.2, -0.15) is 26.7 Å². The molecule has 0 radical (unpaired) electrons. The fourth-order valence-corrected chi connectivity index (χ4v) is 6.47. The van der Waals surface area contributed by atoms with Crippen LogP contribution in [0.3, 0.4) is 0 Å². The SMILES string of the molecule is O=C1CS/C(=N\S(=O)(=O)c2ccc(-n3nc(C(F)(F)F)c(Br)c3-c3ccco3)cc2)N1c1ccc(Cl)cc1. The summed E-state index contributed by atoms with van der Waals surface area (Å²) in [5.74, 6) is -0.230. The Balaban J connectivity index is 1.51. The number of carbonyl (C=O) groups excluding carboxylic acids is 1. The lowest BCUT2D eigenvalue weighted by Gasteiger charge is -2.16. The van der Waals surface area contributed by atoms with Crippen LogP contribution in [0, 0.1) is 0 Å². The molecule has 1 aliphatic rings. The molecule has 0 unspecified atom stereocenters. The molecule has 1 fully saturated rings. The zero-order valence-corrected chi connectivity index (χ0v) is 22.7. The number of benzene rings is 2. The predicted molar refractivity (Wildman–Crippen MR) is 140 cm³/mol. The van der Waals surface area contributed by atoms with Crippen molar-refractivity contribution in [3.8, 4) is 17.1 Å². The van der Waals surface area contributed by atoms with Gasteiger partial charge in [-0.3, -0.25) is 9.69 Å². The van der Waals surface area contributed by atoms with Crippen molar-refractivity contribution in [3.05, 3.63) is 82.1 Å². The van der Waals surface area contributed by atoms with E-state index < -0.39 is 21.9 Å². The molecule has 196 valence electrons. The summed E-state index contributed by atoms with van der Waals surface area (Å²) in [6.45, 7) is 0. The summed E-state index contributed by atoms with van der Waals surface area (Å²) in [4.78, 5) is 13.4. The van der Waals surface area contributed by atoms with Crippen molar-refractivity contribution in [3.63, 3.8) is 0 Å². The molecule has 1 aliphatic heterocycles. The summed E-state index contributed by atoms with van der Waals surface area (Å²) < 4.78 is 76.6. The van der Waals surface area contributed by atoms with Crippen LogP contribution in [0.4, 0.5) is 18.9 Å². The number of anilines is 1. The second-order valence-electron chi connectivity index (χ2n) is 7.74. The summed E-state index contributed by atoms with van der Waals surface area (Å²) >= 11 is 9.83. The van der Waals surface area contributed by atoms with Crippen molar-refractivity contribution in [1.82, 2.24) is 9.78 Å². The molecule has 8 nitrogen and oxygen atoms in total. The van der Waals surface area contributed by atoms with Crippen molar-refractivity contribution in [2.24, 2.45) is 4.40 Å². The van der Waals surface area contributed by atoms with Crippen LogP contribution in [0.15, 0.2) is 85.1 Å². The van der Waals surface area contributed by atoms with Crippen molar-refractivity contribution in [2.75, 3.05) is 10.7 Å². The minimum absolute atomic E-state index is 0.00118. The molecule has 38 heavy (non-hydrogen) atoms. The molecule has 5 rings (SSSR count). The molecular weight excluding hydrogens is 633 g/mol. The first kappa shape index (κ1) is 26.5. The molecule has 0 atom stereocenters. The summed E-state index contributed by atoms with van der Waals surface area (Å²) in [6, 6.07) is 14.2. The molecule has 0 spiro atoms. The van der Waals surface area contributed by atoms with Crippen molar-refractivity contribution in [2.45, 2.75) is 11.1 Å². The maximum absolute atomic E-state index is 13.5. The molecule has 1 saturated heterocycles. The predicted octanol–water partition coefficient (Wildman–Crippen LogP) is 6.39. The van der Waals surface area contributed by atoms with Gasteiger partial charge in [0.05, 0.1) is 32.8 Å². The molecule has 0 N–H and O–H groups in total. The Labute approximate surface area is 231 Å². The van der Waals surface area contributed by atoms with E-state index in [1.807, 2.05) is 0 Å². The number of amides is 1. The summed E-state index contributed by atoms with van der Waals surface area (Å²) in [5.41, 5.74) is -0.619. The number of thioether (sulfide) groups is 1. The van der Waals surface area contributed by atoms with Gasteiger partial charge in [0.15, 0.2) is 16.6 Å². The number of hydrogen-bond donors (Lipinski definition) is 0. The van der Waals surface area contributed by atoms with Crippen LogP contribution in [0.1, 0.15) is 5.69 Å². The van der Waals surface area contributed by atoms with Gasteiger partial charge in [0.2, 0.25) is 5.91 Å². The fourth-order valence-electron chi connectivity index (χ4n) is 3.58. The molecule has 2 aromatic heterocycles. The minimum Gasteiger partial charge on any atom is -0.463 e. The van der Waals surface area contributed by atoms with E-state index in [1.165, 1.54) is 47.6 Å². The van der Waals surface area contributed by atoms with E-state index in [2.05, 4.69) is 25.4 Å². The molecule has 3 heterocycles. The number of nitrogens with zero attached hydrogens (tertiary/aromatic N) is 4. The second kappa shape index (κ2) is 9.91. The first-order valence-corrected chi connectivity index (χ1v) is 14.1. The monoisotopic (exact) mass is 644 g/mol. The Morgan fingerprint density at radius 3 is 2.32 bits per heavy atom. The number of rotatable bonds is 5. The summed E-state index contributed by atoms with van der Waals surface area (Å²) in [7, 11) is -4.28. The maximum atomic E-state index is 13.5. The molecule has 1 amide bonds. The number of halogens is 5. The van der Waals surface area contributed by atoms with E-state index in [9.17, 15) is 26.4 Å². The minimum atomic E-state index is -4.75. The van der Waals surface area contributed by atoms with Gasteiger partial charge in [-0.15, -0.1) is 4.40 Å². The third kappa shape index (κ3) is 5.00. The van der Waals surface area contributed by atoms with Gasteiger partial charge < -0.3 is 4.42 Å². The van der Waals surface area contributed by atoms with Gasteiger partial charge in [0.1, 0.15) is 5.69 Å². The summed E-state index contributed by atoms with van der Waals surface area (Å²) in [6.07, 6.45) is -3.45. The third-order valence-electron chi connectivity index (χ3n) is 5.28. The van der Waals surface area contributed by atoms with E-state index >= 15 is 0 Å². The van der Waals surface area contributed by atoms with Crippen molar-refractivity contribution in [1.29, 1.82) is 0 Å². The highest BCUT2D eigenvalue weighted by Gasteiger charge is 2.39. The second-order valence-corrected chi connectivity index (χ2v) is 11.5. The normalized spacial score (nSPS) is 15.6. The lowest BCUT2D eigenvalue weighted by Crippen LogP contribution is -2.29. The average molecular weight is 646 g/mol. The topological polar surface area (TPSA) is 97.8 Å². The Bertz CT molecular complexity index is 1650. The molecule has 0 saturated carbocycles. The standard InChI is InChI=1S/C23H13BrClF3N4O4S2/c24-19-20(17-2-1-11-36-17)32(29-21(19)23(26,27)28)15-7-9-16(10-8-15)38(34,35)30-22-31(18(33)12-37-22)14-5-3-13(25)4-6-14/h1-11H,12H2/b30-22-. The van der Waals surface area contributed by atoms with Crippen LogP contribution < -0.4 is 4.90 Å². The van der Waals surface area contributed by atoms with Gasteiger partial charge in [0, 0.05) is 5.02 Å². The highest BCUT2D eigenvalue weighted by molar-refractivity contribution is 9.10. The average Bonchev–Trinajstić information content (AvgIpc) is 3.59. The first-order chi connectivity index (χ1) is 18.0. The number of sulfonamides is 1. The van der Waals surface area contributed by atoms with Gasteiger partial charge in [0.25, 0.3) is 10.0 Å². The molecular formula is C23H13BrClF3N4O4S2. The smallest absolute Gasteiger partial charge is 0.436 e. The zero-order chi connectivity index (χ0) is 27.2. The van der Waals surface area contributed by atoms with E-state index in [4.69, 9.17) is 16.0 Å². The van der Waals surface area contributed by atoms with Crippen LogP contribution in [0.25, 0.3) is 17.1 Å². The number of alkyl halides is 3. The van der Waals surface area contributed by atoms with Gasteiger partial charge in [-0.05, 0) is 76.6 Å². The fraction of sp³-hybridized carbons (Fsp3) is 0.0870. The zero-order valence-electron chi connectivity index (χ0n) is 18.7.